The fourth-order valence-corrected chi connectivity index (χ4v) is 6.57. The second kappa shape index (κ2) is 8.27. The van der Waals surface area contributed by atoms with E-state index in [0.29, 0.717) is 12.2 Å². The number of piperidine rings is 2. The maximum atomic E-state index is 6.97. The van der Waals surface area contributed by atoms with Crippen molar-refractivity contribution >= 4 is 0 Å². The Morgan fingerprint density at radius 1 is 0.680 bits per heavy atom. The van der Waals surface area contributed by atoms with E-state index in [1.807, 2.05) is 0 Å². The van der Waals surface area contributed by atoms with Gasteiger partial charge in [0.25, 0.3) is 0 Å². The Hall–Kier alpha value is -0.120. The zero-order valence-electron chi connectivity index (χ0n) is 16.7. The van der Waals surface area contributed by atoms with E-state index in [2.05, 4.69) is 23.6 Å². The highest BCUT2D eigenvalue weighted by Gasteiger charge is 2.42. The van der Waals surface area contributed by atoms with E-state index in [1.54, 1.807) is 0 Å². The molecule has 2 aliphatic carbocycles. The van der Waals surface area contributed by atoms with Gasteiger partial charge in [0.05, 0.1) is 12.2 Å². The maximum absolute atomic E-state index is 6.97. The molecule has 0 spiro atoms. The van der Waals surface area contributed by atoms with Crippen molar-refractivity contribution in [3.8, 4) is 0 Å². The molecule has 0 N–H and O–H groups in total. The first kappa shape index (κ1) is 18.3. The smallest absolute Gasteiger partial charge is 0.0610 e. The van der Waals surface area contributed by atoms with Crippen molar-refractivity contribution in [2.45, 2.75) is 77.4 Å². The summed E-state index contributed by atoms with van der Waals surface area (Å²) in [4.78, 5) is 5.33. The Kier molecular flexibility index (Phi) is 6.04. The molecule has 144 valence electrons. The van der Waals surface area contributed by atoms with Gasteiger partial charge >= 0.3 is 0 Å². The van der Waals surface area contributed by atoms with E-state index >= 15 is 0 Å². The van der Waals surface area contributed by atoms with Crippen LogP contribution in [0.1, 0.15) is 65.2 Å². The van der Waals surface area contributed by atoms with Crippen LogP contribution in [0.2, 0.25) is 0 Å². The van der Waals surface area contributed by atoms with Crippen molar-refractivity contribution in [1.82, 2.24) is 9.80 Å². The minimum atomic E-state index is 0.575. The average Bonchev–Trinajstić information content (AvgIpc) is 2.67. The van der Waals surface area contributed by atoms with Crippen LogP contribution in [0.15, 0.2) is 0 Å². The molecule has 0 aromatic heterocycles. The number of ether oxygens (including phenoxy) is 1. The summed E-state index contributed by atoms with van der Waals surface area (Å²) in [6, 6.07) is 0. The van der Waals surface area contributed by atoms with Crippen molar-refractivity contribution in [1.29, 1.82) is 0 Å². The molecule has 25 heavy (non-hydrogen) atoms. The standard InChI is InChI=1S/C22H40N2O/c1-3-23-13-11-19-17(15-23)7-5-9-21(19)25-22-10-6-8-18-16-24(4-2)14-12-20(18)22/h17-22H,3-16H2,1-2H3. The minimum Gasteiger partial charge on any atom is -0.374 e. The lowest BCUT2D eigenvalue weighted by atomic mass is 9.71. The Morgan fingerprint density at radius 3 is 1.60 bits per heavy atom. The minimum absolute atomic E-state index is 0.575. The Bertz CT molecular complexity index is 390. The number of nitrogens with zero attached hydrogens (tertiary/aromatic N) is 2. The first-order valence-electron chi connectivity index (χ1n) is 11.4. The van der Waals surface area contributed by atoms with E-state index in [-0.39, 0.29) is 0 Å². The van der Waals surface area contributed by atoms with Gasteiger partial charge in [-0.25, -0.2) is 0 Å². The highest BCUT2D eigenvalue weighted by Crippen LogP contribution is 2.43. The molecule has 0 amide bonds. The van der Waals surface area contributed by atoms with Crippen LogP contribution in [-0.4, -0.2) is 61.3 Å². The largest absolute Gasteiger partial charge is 0.374 e. The molecule has 3 nitrogen and oxygen atoms in total. The second-order valence-electron chi connectivity index (χ2n) is 9.29. The Balaban J connectivity index is 1.37. The fourth-order valence-electron chi connectivity index (χ4n) is 6.57. The van der Waals surface area contributed by atoms with Gasteiger partial charge in [0, 0.05) is 13.1 Å². The summed E-state index contributed by atoms with van der Waals surface area (Å²) < 4.78 is 6.97. The molecule has 3 heteroatoms. The lowest BCUT2D eigenvalue weighted by molar-refractivity contribution is -0.138. The Morgan fingerprint density at radius 2 is 1.16 bits per heavy atom. The Labute approximate surface area is 155 Å². The molecular formula is C22H40N2O. The molecule has 2 saturated carbocycles. The average molecular weight is 349 g/mol. The van der Waals surface area contributed by atoms with Crippen LogP contribution in [-0.2, 0) is 4.74 Å². The summed E-state index contributed by atoms with van der Waals surface area (Å²) in [6.07, 6.45) is 12.3. The molecule has 6 atom stereocenters. The monoisotopic (exact) mass is 348 g/mol. The first-order valence-corrected chi connectivity index (χ1v) is 11.4. The predicted molar refractivity (Wildman–Crippen MR) is 104 cm³/mol. The third-order valence-electron chi connectivity index (χ3n) is 8.08. The van der Waals surface area contributed by atoms with Crippen LogP contribution in [0, 0.1) is 23.7 Å². The molecule has 0 aromatic rings. The molecule has 0 radical (unpaired) electrons. The molecule has 0 bridgehead atoms. The summed E-state index contributed by atoms with van der Waals surface area (Å²) in [5, 5.41) is 0. The van der Waals surface area contributed by atoms with Crippen LogP contribution in [0.3, 0.4) is 0 Å². The zero-order chi connectivity index (χ0) is 17.2. The molecule has 4 fully saturated rings. The molecule has 4 aliphatic rings. The van der Waals surface area contributed by atoms with Crippen LogP contribution in [0.25, 0.3) is 0 Å². The van der Waals surface area contributed by atoms with Gasteiger partial charge in [-0.1, -0.05) is 26.7 Å². The van der Waals surface area contributed by atoms with E-state index in [0.717, 1.165) is 23.7 Å². The third kappa shape index (κ3) is 3.94. The fraction of sp³-hybridized carbons (Fsp3) is 1.00. The molecule has 6 unspecified atom stereocenters. The number of likely N-dealkylation sites (tertiary alicyclic amines) is 2. The molecular weight excluding hydrogens is 308 g/mol. The van der Waals surface area contributed by atoms with Crippen molar-refractivity contribution in [2.75, 3.05) is 39.3 Å². The van der Waals surface area contributed by atoms with Gasteiger partial charge in [-0.3, -0.25) is 0 Å². The second-order valence-corrected chi connectivity index (χ2v) is 9.29. The lowest BCUT2D eigenvalue weighted by Crippen LogP contribution is -2.51. The van der Waals surface area contributed by atoms with Gasteiger partial charge in [-0.2, -0.15) is 0 Å². The van der Waals surface area contributed by atoms with Gasteiger partial charge in [0.2, 0.25) is 0 Å². The molecule has 2 saturated heterocycles. The van der Waals surface area contributed by atoms with E-state index in [4.69, 9.17) is 4.74 Å². The van der Waals surface area contributed by atoms with E-state index in [1.165, 1.54) is 90.6 Å². The molecule has 4 rings (SSSR count). The normalized spacial score (nSPS) is 43.4. The van der Waals surface area contributed by atoms with Crippen LogP contribution in [0.5, 0.6) is 0 Å². The van der Waals surface area contributed by atoms with Crippen LogP contribution < -0.4 is 0 Å². The highest BCUT2D eigenvalue weighted by atomic mass is 16.5. The van der Waals surface area contributed by atoms with Gasteiger partial charge in [0.1, 0.15) is 0 Å². The highest BCUT2D eigenvalue weighted by molar-refractivity contribution is 4.93. The molecule has 2 aliphatic heterocycles. The van der Waals surface area contributed by atoms with Gasteiger partial charge < -0.3 is 14.5 Å². The van der Waals surface area contributed by atoms with E-state index < -0.39 is 0 Å². The number of hydrogen-bond donors (Lipinski definition) is 0. The quantitative estimate of drug-likeness (QED) is 0.763. The van der Waals surface area contributed by atoms with Crippen LogP contribution in [0.4, 0.5) is 0 Å². The number of fused-ring (bicyclic) bond motifs is 2. The summed E-state index contributed by atoms with van der Waals surface area (Å²) in [7, 11) is 0. The van der Waals surface area contributed by atoms with E-state index in [9.17, 15) is 0 Å². The summed E-state index contributed by atoms with van der Waals surface area (Å²) in [6.45, 7) is 12.4. The summed E-state index contributed by atoms with van der Waals surface area (Å²) >= 11 is 0. The SMILES string of the molecule is CCN1CCC2C(CCCC2OC2CCCC3CN(CC)CCC32)C1. The lowest BCUT2D eigenvalue weighted by Gasteiger charge is -2.49. The number of rotatable bonds is 4. The van der Waals surface area contributed by atoms with Crippen molar-refractivity contribution in [3.63, 3.8) is 0 Å². The summed E-state index contributed by atoms with van der Waals surface area (Å²) in [5.41, 5.74) is 0. The zero-order valence-corrected chi connectivity index (χ0v) is 16.7. The van der Waals surface area contributed by atoms with Gasteiger partial charge in [-0.05, 0) is 88.4 Å². The molecule has 2 heterocycles. The third-order valence-corrected chi connectivity index (χ3v) is 8.08. The van der Waals surface area contributed by atoms with Gasteiger partial charge in [0.15, 0.2) is 0 Å². The molecule has 0 aromatic carbocycles. The van der Waals surface area contributed by atoms with Crippen molar-refractivity contribution in [3.05, 3.63) is 0 Å². The maximum Gasteiger partial charge on any atom is 0.0610 e. The number of hydrogen-bond acceptors (Lipinski definition) is 3. The van der Waals surface area contributed by atoms with Crippen LogP contribution >= 0.6 is 0 Å². The van der Waals surface area contributed by atoms with Crippen molar-refractivity contribution < 1.29 is 4.74 Å². The van der Waals surface area contributed by atoms with Gasteiger partial charge in [-0.15, -0.1) is 0 Å². The summed E-state index contributed by atoms with van der Waals surface area (Å²) in [5.74, 6) is 3.53. The predicted octanol–water partition coefficient (Wildman–Crippen LogP) is 4.02. The van der Waals surface area contributed by atoms with Crippen molar-refractivity contribution in [2.24, 2.45) is 23.7 Å². The topological polar surface area (TPSA) is 15.7 Å². The first-order chi connectivity index (χ1) is 12.3.